The summed E-state index contributed by atoms with van der Waals surface area (Å²) < 4.78 is 0. The van der Waals surface area contributed by atoms with Gasteiger partial charge in [0, 0.05) is 29.8 Å². The number of imidazole rings is 1. The van der Waals surface area contributed by atoms with Crippen molar-refractivity contribution in [2.24, 2.45) is 5.41 Å². The lowest BCUT2D eigenvalue weighted by Crippen LogP contribution is -2.41. The monoisotopic (exact) mass is 370 g/mol. The fourth-order valence-corrected chi connectivity index (χ4v) is 3.61. The van der Waals surface area contributed by atoms with Gasteiger partial charge in [-0.05, 0) is 31.9 Å². The van der Waals surface area contributed by atoms with Gasteiger partial charge in [-0.3, -0.25) is 4.79 Å². The van der Waals surface area contributed by atoms with E-state index in [2.05, 4.69) is 16.0 Å². The van der Waals surface area contributed by atoms with E-state index in [-0.39, 0.29) is 11.3 Å². The summed E-state index contributed by atoms with van der Waals surface area (Å²) in [6, 6.07) is 20.0. The van der Waals surface area contributed by atoms with Crippen molar-refractivity contribution in [2.45, 2.75) is 19.8 Å². The molecule has 2 aromatic carbocycles. The summed E-state index contributed by atoms with van der Waals surface area (Å²) >= 11 is 0. The van der Waals surface area contributed by atoms with E-state index in [0.29, 0.717) is 18.7 Å². The molecule has 5 nitrogen and oxygen atoms in total. The van der Waals surface area contributed by atoms with Crippen LogP contribution in [0.2, 0.25) is 0 Å². The lowest BCUT2D eigenvalue weighted by molar-refractivity contribution is 0.0661. The molecule has 1 aromatic heterocycles. The topological polar surface area (TPSA) is 72.8 Å². The number of likely N-dealkylation sites (tertiary alicyclic amines) is 1. The second-order valence-corrected chi connectivity index (χ2v) is 7.53. The second kappa shape index (κ2) is 7.32. The summed E-state index contributed by atoms with van der Waals surface area (Å²) in [4.78, 5) is 22.3. The van der Waals surface area contributed by atoms with Crippen LogP contribution in [-0.2, 0) is 0 Å². The van der Waals surface area contributed by atoms with Crippen LogP contribution in [0.5, 0.6) is 0 Å². The Hall–Kier alpha value is -3.39. The first-order valence-electron chi connectivity index (χ1n) is 9.49. The smallest absolute Gasteiger partial charge is 0.253 e. The van der Waals surface area contributed by atoms with Crippen LogP contribution in [0.3, 0.4) is 0 Å². The summed E-state index contributed by atoms with van der Waals surface area (Å²) in [6.07, 6.45) is 3.14. The molecule has 5 heteroatoms. The lowest BCUT2D eigenvalue weighted by atomic mass is 9.82. The molecule has 1 N–H and O–H groups in total. The molecule has 3 aromatic rings. The number of benzene rings is 2. The molecule has 4 rings (SSSR count). The van der Waals surface area contributed by atoms with Crippen molar-refractivity contribution < 1.29 is 4.79 Å². The second-order valence-electron chi connectivity index (χ2n) is 7.53. The zero-order chi connectivity index (χ0) is 19.6. The van der Waals surface area contributed by atoms with Crippen molar-refractivity contribution in [2.75, 3.05) is 13.1 Å². The minimum atomic E-state index is -0.310. The van der Waals surface area contributed by atoms with E-state index >= 15 is 0 Å². The van der Waals surface area contributed by atoms with Crippen LogP contribution in [-0.4, -0.2) is 33.9 Å². The zero-order valence-electron chi connectivity index (χ0n) is 15.9. The van der Waals surface area contributed by atoms with Crippen LogP contribution < -0.4 is 0 Å². The van der Waals surface area contributed by atoms with Crippen LogP contribution in [0.4, 0.5) is 0 Å². The number of hydrogen-bond acceptors (Lipinski definition) is 3. The fourth-order valence-electron chi connectivity index (χ4n) is 3.61. The van der Waals surface area contributed by atoms with E-state index in [4.69, 9.17) is 0 Å². The highest BCUT2D eigenvalue weighted by atomic mass is 16.2. The van der Waals surface area contributed by atoms with Gasteiger partial charge >= 0.3 is 0 Å². The van der Waals surface area contributed by atoms with Crippen molar-refractivity contribution in [1.29, 1.82) is 5.26 Å². The quantitative estimate of drug-likeness (QED) is 0.737. The number of nitrogens with one attached hydrogen (secondary N) is 1. The highest BCUT2D eigenvalue weighted by molar-refractivity contribution is 5.95. The van der Waals surface area contributed by atoms with Crippen LogP contribution in [0, 0.1) is 16.7 Å². The number of carbonyl (C=O) groups excluding carboxylic acids is 1. The summed E-state index contributed by atoms with van der Waals surface area (Å²) in [5.41, 5.74) is 4.23. The minimum Gasteiger partial charge on any atom is -0.344 e. The predicted octanol–water partition coefficient (Wildman–Crippen LogP) is 4.51. The molecule has 1 aliphatic rings. The molecule has 0 unspecified atom stereocenters. The lowest BCUT2D eigenvalue weighted by Gasteiger charge is -2.35. The van der Waals surface area contributed by atoms with Gasteiger partial charge in [0.1, 0.15) is 0 Å². The number of aromatic nitrogens is 2. The van der Waals surface area contributed by atoms with Gasteiger partial charge in [0.2, 0.25) is 0 Å². The number of aromatic amines is 1. The van der Waals surface area contributed by atoms with Crippen molar-refractivity contribution >= 4 is 5.91 Å². The summed E-state index contributed by atoms with van der Waals surface area (Å²) in [5.74, 6) is 0.0273. The van der Waals surface area contributed by atoms with E-state index in [1.807, 2.05) is 66.4 Å². The molecule has 0 aliphatic carbocycles. The SMILES string of the molecule is CC1(C#N)CCN(C(=O)c2ccc(-c3[nH]cnc3-c3ccccc3)cc2)CC1. The van der Waals surface area contributed by atoms with Crippen LogP contribution in [0.25, 0.3) is 22.5 Å². The molecule has 2 heterocycles. The van der Waals surface area contributed by atoms with Gasteiger partial charge in [0.15, 0.2) is 0 Å². The molecule has 1 amide bonds. The number of amides is 1. The molecular weight excluding hydrogens is 348 g/mol. The Morgan fingerprint density at radius 3 is 2.39 bits per heavy atom. The van der Waals surface area contributed by atoms with Gasteiger partial charge in [0.25, 0.3) is 5.91 Å². The van der Waals surface area contributed by atoms with Gasteiger partial charge in [-0.2, -0.15) is 5.26 Å². The maximum absolute atomic E-state index is 12.8. The number of nitriles is 1. The standard InChI is InChI=1S/C23H22N4O/c1-23(15-24)11-13-27(14-12-23)22(28)19-9-7-18(8-10-19)21-20(25-16-26-21)17-5-3-2-4-6-17/h2-10,16H,11-14H2,1H3,(H,25,26). The Labute approximate surface area is 164 Å². The van der Waals surface area contributed by atoms with Crippen LogP contribution >= 0.6 is 0 Å². The van der Waals surface area contributed by atoms with Crippen molar-refractivity contribution in [3.05, 3.63) is 66.5 Å². The average molecular weight is 370 g/mol. The van der Waals surface area contributed by atoms with E-state index in [0.717, 1.165) is 35.4 Å². The highest BCUT2D eigenvalue weighted by Crippen LogP contribution is 2.31. The highest BCUT2D eigenvalue weighted by Gasteiger charge is 2.32. The fraction of sp³-hybridized carbons (Fsp3) is 0.261. The third kappa shape index (κ3) is 3.41. The third-order valence-corrected chi connectivity index (χ3v) is 5.53. The summed E-state index contributed by atoms with van der Waals surface area (Å²) in [5, 5.41) is 9.26. The van der Waals surface area contributed by atoms with Crippen molar-refractivity contribution in [3.63, 3.8) is 0 Å². The molecule has 140 valence electrons. The van der Waals surface area contributed by atoms with Gasteiger partial charge in [-0.1, -0.05) is 42.5 Å². The molecule has 0 atom stereocenters. The molecule has 1 aliphatic heterocycles. The predicted molar refractivity (Wildman–Crippen MR) is 108 cm³/mol. The van der Waals surface area contributed by atoms with E-state index in [1.165, 1.54) is 0 Å². The first-order valence-corrected chi connectivity index (χ1v) is 9.49. The number of carbonyl (C=O) groups is 1. The Balaban J connectivity index is 1.52. The first kappa shape index (κ1) is 18.0. The maximum atomic E-state index is 12.8. The van der Waals surface area contributed by atoms with E-state index in [1.54, 1.807) is 6.33 Å². The first-order chi connectivity index (χ1) is 13.6. The molecule has 1 saturated heterocycles. The zero-order valence-corrected chi connectivity index (χ0v) is 15.9. The molecule has 0 bridgehead atoms. The van der Waals surface area contributed by atoms with Crippen LogP contribution in [0.1, 0.15) is 30.1 Å². The van der Waals surface area contributed by atoms with Crippen molar-refractivity contribution in [1.82, 2.24) is 14.9 Å². The van der Waals surface area contributed by atoms with Crippen LogP contribution in [0.15, 0.2) is 60.9 Å². The normalized spacial score (nSPS) is 15.8. The third-order valence-electron chi connectivity index (χ3n) is 5.53. The van der Waals surface area contributed by atoms with Gasteiger partial charge < -0.3 is 9.88 Å². The van der Waals surface area contributed by atoms with Gasteiger partial charge in [-0.15, -0.1) is 0 Å². The summed E-state index contributed by atoms with van der Waals surface area (Å²) in [7, 11) is 0. The minimum absolute atomic E-state index is 0.0273. The molecule has 0 spiro atoms. The molecule has 0 saturated carbocycles. The molecular formula is C23H22N4O. The number of piperidine rings is 1. The Kier molecular flexibility index (Phi) is 4.70. The molecule has 28 heavy (non-hydrogen) atoms. The van der Waals surface area contributed by atoms with Gasteiger partial charge in [0.05, 0.1) is 29.2 Å². The summed E-state index contributed by atoms with van der Waals surface area (Å²) in [6.45, 7) is 3.23. The number of H-pyrrole nitrogens is 1. The average Bonchev–Trinajstić information content (AvgIpc) is 3.24. The number of hydrogen-bond donors (Lipinski definition) is 1. The van der Waals surface area contributed by atoms with Crippen molar-refractivity contribution in [3.8, 4) is 28.6 Å². The Bertz CT molecular complexity index is 1010. The maximum Gasteiger partial charge on any atom is 0.253 e. The van der Waals surface area contributed by atoms with Gasteiger partial charge in [-0.25, -0.2) is 4.98 Å². The van der Waals surface area contributed by atoms with E-state index < -0.39 is 0 Å². The largest absolute Gasteiger partial charge is 0.344 e. The molecule has 1 fully saturated rings. The number of rotatable bonds is 3. The number of nitrogens with zero attached hydrogens (tertiary/aromatic N) is 3. The Morgan fingerprint density at radius 2 is 1.75 bits per heavy atom. The molecule has 0 radical (unpaired) electrons. The Morgan fingerprint density at radius 1 is 1.07 bits per heavy atom. The van der Waals surface area contributed by atoms with E-state index in [9.17, 15) is 10.1 Å².